The third kappa shape index (κ3) is 5.35. The highest BCUT2D eigenvalue weighted by Crippen LogP contribution is 2.07. The molecule has 0 aromatic carbocycles. The summed E-state index contributed by atoms with van der Waals surface area (Å²) >= 11 is 0. The molecule has 0 fully saturated rings. The minimum Gasteiger partial charge on any atom is -0.480 e. The Bertz CT molecular complexity index is 281. The maximum Gasteiger partial charge on any atom is 0.408 e. The summed E-state index contributed by atoms with van der Waals surface area (Å²) in [7, 11) is 0. The van der Waals surface area contributed by atoms with Crippen LogP contribution in [0.1, 0.15) is 20.8 Å². The summed E-state index contributed by atoms with van der Waals surface area (Å²) in [6.45, 7) is 8.18. The van der Waals surface area contributed by atoms with E-state index in [1.807, 2.05) is 5.32 Å². The maximum absolute atomic E-state index is 11.3. The fourth-order valence-electron chi connectivity index (χ4n) is 0.864. The number of hydrogen-bond donors (Lipinski definition) is 3. The van der Waals surface area contributed by atoms with Crippen molar-refractivity contribution >= 4 is 12.1 Å². The van der Waals surface area contributed by atoms with Crippen LogP contribution < -0.4 is 5.32 Å². The normalized spacial score (nSPS) is 14.8. The Morgan fingerprint density at radius 2 is 1.94 bits per heavy atom. The van der Waals surface area contributed by atoms with E-state index in [2.05, 4.69) is 6.58 Å². The molecule has 0 bridgehead atoms. The van der Waals surface area contributed by atoms with E-state index in [1.54, 1.807) is 20.8 Å². The number of carboxylic acids is 1. The number of carboxylic acid groups (broad SMARTS) is 1. The van der Waals surface area contributed by atoms with E-state index in [-0.39, 0.29) is 0 Å². The number of amides is 1. The first-order valence-corrected chi connectivity index (χ1v) is 4.70. The summed E-state index contributed by atoms with van der Waals surface area (Å²) in [4.78, 5) is 22.0. The van der Waals surface area contributed by atoms with Crippen LogP contribution in [0.25, 0.3) is 0 Å². The van der Waals surface area contributed by atoms with Crippen molar-refractivity contribution in [1.29, 1.82) is 0 Å². The Morgan fingerprint density at radius 3 is 2.25 bits per heavy atom. The molecule has 6 heteroatoms. The number of rotatable bonds is 4. The molecule has 1 amide bonds. The van der Waals surface area contributed by atoms with E-state index in [0.717, 1.165) is 6.08 Å². The van der Waals surface area contributed by atoms with Crippen molar-refractivity contribution in [2.24, 2.45) is 0 Å². The first-order valence-electron chi connectivity index (χ1n) is 4.70. The molecule has 1 unspecified atom stereocenters. The Labute approximate surface area is 93.9 Å². The van der Waals surface area contributed by atoms with Crippen molar-refractivity contribution in [3.05, 3.63) is 12.7 Å². The number of ether oxygens (including phenoxy) is 1. The molecule has 6 nitrogen and oxygen atoms in total. The van der Waals surface area contributed by atoms with Crippen LogP contribution in [0.3, 0.4) is 0 Å². The second kappa shape index (κ2) is 5.50. The quantitative estimate of drug-likeness (QED) is 0.613. The third-order valence-electron chi connectivity index (χ3n) is 1.52. The summed E-state index contributed by atoms with van der Waals surface area (Å²) < 4.78 is 4.85. The van der Waals surface area contributed by atoms with Crippen molar-refractivity contribution in [2.45, 2.75) is 38.5 Å². The van der Waals surface area contributed by atoms with Crippen molar-refractivity contribution in [1.82, 2.24) is 5.32 Å². The molecule has 0 aromatic heterocycles. The van der Waals surface area contributed by atoms with Gasteiger partial charge in [0.15, 0.2) is 6.04 Å². The second-order valence-electron chi connectivity index (χ2n) is 4.19. The molecule has 0 aliphatic rings. The molecule has 0 radical (unpaired) electrons. The van der Waals surface area contributed by atoms with E-state index in [9.17, 15) is 14.7 Å². The van der Waals surface area contributed by atoms with Crippen molar-refractivity contribution < 1.29 is 24.5 Å². The van der Waals surface area contributed by atoms with Gasteiger partial charge in [-0.05, 0) is 20.8 Å². The Kier molecular flexibility index (Phi) is 4.97. The van der Waals surface area contributed by atoms with E-state index in [0.29, 0.717) is 0 Å². The van der Waals surface area contributed by atoms with Gasteiger partial charge in [-0.15, -0.1) is 6.58 Å². The lowest BCUT2D eigenvalue weighted by Gasteiger charge is -2.23. The van der Waals surface area contributed by atoms with Gasteiger partial charge < -0.3 is 20.3 Å². The van der Waals surface area contributed by atoms with Crippen LogP contribution in [0.4, 0.5) is 4.79 Å². The van der Waals surface area contributed by atoms with E-state index in [1.165, 1.54) is 0 Å². The van der Waals surface area contributed by atoms with Gasteiger partial charge in [0.2, 0.25) is 0 Å². The topological polar surface area (TPSA) is 95.9 Å². The number of hydrogen-bond acceptors (Lipinski definition) is 4. The van der Waals surface area contributed by atoms with E-state index < -0.39 is 29.8 Å². The fraction of sp³-hybridized carbons (Fsp3) is 0.600. The van der Waals surface area contributed by atoms with Gasteiger partial charge in [-0.25, -0.2) is 9.59 Å². The molecular weight excluding hydrogens is 214 g/mol. The number of carbonyl (C=O) groups excluding carboxylic acids is 1. The molecule has 0 saturated heterocycles. The molecule has 92 valence electrons. The minimum absolute atomic E-state index is 0.730. The standard InChI is InChI=1S/C10H17NO5/c1-5-6(12)7(8(13)14)11-9(15)16-10(2,3)4/h5-7,12H,1H2,2-4H3,(H,11,15)(H,13,14)/t6?,7-/m0/s1. The van der Waals surface area contributed by atoms with Crippen LogP contribution in [-0.2, 0) is 9.53 Å². The highest BCUT2D eigenvalue weighted by Gasteiger charge is 2.28. The summed E-state index contributed by atoms with van der Waals surface area (Å²) in [5.41, 5.74) is -0.730. The molecule has 2 atom stereocenters. The average Bonchev–Trinajstić information content (AvgIpc) is 2.09. The second-order valence-corrected chi connectivity index (χ2v) is 4.19. The van der Waals surface area contributed by atoms with Gasteiger partial charge >= 0.3 is 12.1 Å². The Hall–Kier alpha value is -1.56. The lowest BCUT2D eigenvalue weighted by Crippen LogP contribution is -2.49. The summed E-state index contributed by atoms with van der Waals surface area (Å²) in [6.07, 6.45) is -1.25. The predicted octanol–water partition coefficient (Wildman–Crippen LogP) is 0.511. The smallest absolute Gasteiger partial charge is 0.408 e. The van der Waals surface area contributed by atoms with Crippen molar-refractivity contribution in [2.75, 3.05) is 0 Å². The monoisotopic (exact) mass is 231 g/mol. The van der Waals surface area contributed by atoms with Crippen LogP contribution in [0.2, 0.25) is 0 Å². The number of alkyl carbamates (subject to hydrolysis) is 1. The van der Waals surface area contributed by atoms with Gasteiger partial charge in [0.25, 0.3) is 0 Å². The van der Waals surface area contributed by atoms with Gasteiger partial charge in [-0.3, -0.25) is 0 Å². The number of aliphatic hydroxyl groups is 1. The van der Waals surface area contributed by atoms with Crippen LogP contribution in [0.5, 0.6) is 0 Å². The van der Waals surface area contributed by atoms with Gasteiger partial charge in [0.1, 0.15) is 11.7 Å². The number of aliphatic carboxylic acids is 1. The van der Waals surface area contributed by atoms with Crippen LogP contribution in [0, 0.1) is 0 Å². The zero-order valence-electron chi connectivity index (χ0n) is 9.56. The maximum atomic E-state index is 11.3. The molecular formula is C10H17NO5. The molecule has 0 spiro atoms. The van der Waals surface area contributed by atoms with Gasteiger partial charge in [-0.2, -0.15) is 0 Å². The van der Waals surface area contributed by atoms with Crippen LogP contribution in [-0.4, -0.2) is 40.0 Å². The van der Waals surface area contributed by atoms with Crippen molar-refractivity contribution in [3.63, 3.8) is 0 Å². The van der Waals surface area contributed by atoms with E-state index in [4.69, 9.17) is 9.84 Å². The highest BCUT2D eigenvalue weighted by atomic mass is 16.6. The fourth-order valence-corrected chi connectivity index (χ4v) is 0.864. The average molecular weight is 231 g/mol. The summed E-state index contributed by atoms with van der Waals surface area (Å²) in [6, 6.07) is -1.47. The largest absolute Gasteiger partial charge is 0.480 e. The highest BCUT2D eigenvalue weighted by molar-refractivity contribution is 5.80. The van der Waals surface area contributed by atoms with Crippen LogP contribution in [0.15, 0.2) is 12.7 Å². The van der Waals surface area contributed by atoms with Crippen molar-refractivity contribution in [3.8, 4) is 0 Å². The molecule has 0 aromatic rings. The number of aliphatic hydroxyl groups excluding tert-OH is 1. The van der Waals surface area contributed by atoms with Gasteiger partial charge in [0.05, 0.1) is 0 Å². The number of carbonyl (C=O) groups is 2. The number of nitrogens with one attached hydrogen (secondary N) is 1. The lowest BCUT2D eigenvalue weighted by atomic mass is 10.1. The zero-order valence-corrected chi connectivity index (χ0v) is 9.56. The molecule has 16 heavy (non-hydrogen) atoms. The van der Waals surface area contributed by atoms with Crippen LogP contribution >= 0.6 is 0 Å². The lowest BCUT2D eigenvalue weighted by molar-refractivity contribution is -0.141. The molecule has 0 saturated carbocycles. The molecule has 0 aliphatic heterocycles. The summed E-state index contributed by atoms with van der Waals surface area (Å²) in [5.74, 6) is -1.36. The zero-order chi connectivity index (χ0) is 12.9. The molecule has 3 N–H and O–H groups in total. The molecule has 0 aliphatic carbocycles. The first kappa shape index (κ1) is 14.4. The predicted molar refractivity (Wildman–Crippen MR) is 57.0 cm³/mol. The van der Waals surface area contributed by atoms with Gasteiger partial charge in [-0.1, -0.05) is 6.08 Å². The Balaban J connectivity index is 4.47. The molecule has 0 heterocycles. The minimum atomic E-state index is -1.47. The molecule has 0 rings (SSSR count). The third-order valence-corrected chi connectivity index (χ3v) is 1.52. The summed E-state index contributed by atoms with van der Waals surface area (Å²) in [5, 5.41) is 20.1. The van der Waals surface area contributed by atoms with Gasteiger partial charge in [0, 0.05) is 0 Å². The SMILES string of the molecule is C=CC(O)[C@H](NC(=O)OC(C)(C)C)C(=O)O. The Morgan fingerprint density at radius 1 is 1.44 bits per heavy atom. The van der Waals surface area contributed by atoms with E-state index >= 15 is 0 Å². The first-order chi connectivity index (χ1) is 7.17.